The molecule has 8 heteroatoms. The monoisotopic (exact) mass is 555 g/mol. The van der Waals surface area contributed by atoms with Gasteiger partial charge in [0.2, 0.25) is 21.8 Å². The van der Waals surface area contributed by atoms with E-state index in [0.717, 1.165) is 52.9 Å². The highest BCUT2D eigenvalue weighted by Gasteiger charge is 2.33. The summed E-state index contributed by atoms with van der Waals surface area (Å²) >= 11 is 0. The zero-order chi connectivity index (χ0) is 28.8. The Labute approximate surface area is 235 Å². The van der Waals surface area contributed by atoms with Crippen molar-refractivity contribution in [3.63, 3.8) is 0 Å². The average Bonchev–Trinajstić information content (AvgIpc) is 2.86. The van der Waals surface area contributed by atoms with E-state index in [-0.39, 0.29) is 30.5 Å². The largest absolute Gasteiger partial charge is 0.352 e. The number of hydrogen-bond acceptors (Lipinski definition) is 4. The van der Waals surface area contributed by atoms with E-state index < -0.39 is 22.0 Å². The van der Waals surface area contributed by atoms with Gasteiger partial charge in [0.1, 0.15) is 12.6 Å². The summed E-state index contributed by atoms with van der Waals surface area (Å²) in [5, 5.41) is 3.17. The van der Waals surface area contributed by atoms with E-state index in [1.165, 1.54) is 6.42 Å². The number of nitrogens with one attached hydrogen (secondary N) is 1. The van der Waals surface area contributed by atoms with Crippen LogP contribution in [0.25, 0.3) is 0 Å². The summed E-state index contributed by atoms with van der Waals surface area (Å²) in [4.78, 5) is 29.0. The fourth-order valence-electron chi connectivity index (χ4n) is 5.21. The molecule has 1 saturated carbocycles. The number of benzene rings is 2. The summed E-state index contributed by atoms with van der Waals surface area (Å²) in [6.45, 7) is 9.98. The minimum atomic E-state index is -3.76. The van der Waals surface area contributed by atoms with Crippen molar-refractivity contribution in [3.8, 4) is 0 Å². The molecule has 2 amide bonds. The maximum Gasteiger partial charge on any atom is 0.244 e. The van der Waals surface area contributed by atoms with Crippen LogP contribution in [0.2, 0.25) is 0 Å². The van der Waals surface area contributed by atoms with Crippen LogP contribution in [0.1, 0.15) is 82.9 Å². The average molecular weight is 556 g/mol. The van der Waals surface area contributed by atoms with Gasteiger partial charge in [0.25, 0.3) is 0 Å². The highest BCUT2D eigenvalue weighted by molar-refractivity contribution is 7.92. The van der Waals surface area contributed by atoms with Crippen molar-refractivity contribution in [2.75, 3.05) is 17.1 Å². The Hall–Kier alpha value is -2.87. The second-order valence-electron chi connectivity index (χ2n) is 11.8. The van der Waals surface area contributed by atoms with Gasteiger partial charge in [-0.1, -0.05) is 88.9 Å². The first-order valence-corrected chi connectivity index (χ1v) is 15.9. The summed E-state index contributed by atoms with van der Waals surface area (Å²) in [7, 11) is -3.76. The van der Waals surface area contributed by atoms with Crippen LogP contribution >= 0.6 is 0 Å². The Morgan fingerprint density at radius 1 is 1.03 bits per heavy atom. The number of carbonyl (C=O) groups excluding carboxylic acids is 2. The number of rotatable bonds is 10. The summed E-state index contributed by atoms with van der Waals surface area (Å²) in [5.74, 6) is -0.585. The van der Waals surface area contributed by atoms with Crippen LogP contribution in [-0.4, -0.2) is 50.0 Å². The molecule has 2 aromatic carbocycles. The van der Waals surface area contributed by atoms with Gasteiger partial charge in [-0.3, -0.25) is 13.9 Å². The van der Waals surface area contributed by atoms with E-state index in [9.17, 15) is 18.0 Å². The molecule has 1 N–H and O–H groups in total. The molecule has 0 aliphatic heterocycles. The van der Waals surface area contributed by atoms with Crippen molar-refractivity contribution in [1.82, 2.24) is 10.2 Å². The second-order valence-corrected chi connectivity index (χ2v) is 13.8. The molecule has 1 fully saturated rings. The number of amides is 2. The van der Waals surface area contributed by atoms with Gasteiger partial charge in [0.15, 0.2) is 0 Å². The third-order valence-electron chi connectivity index (χ3n) is 7.47. The fraction of sp³-hybridized carbons (Fsp3) is 0.548. The Morgan fingerprint density at radius 2 is 1.67 bits per heavy atom. The number of anilines is 1. The van der Waals surface area contributed by atoms with Crippen LogP contribution in [0.3, 0.4) is 0 Å². The lowest BCUT2D eigenvalue weighted by molar-refractivity contribution is -0.140. The van der Waals surface area contributed by atoms with E-state index in [4.69, 9.17) is 0 Å². The predicted molar refractivity (Wildman–Crippen MR) is 158 cm³/mol. The first-order chi connectivity index (χ1) is 18.3. The first-order valence-electron chi connectivity index (χ1n) is 14.0. The van der Waals surface area contributed by atoms with Crippen molar-refractivity contribution in [1.29, 1.82) is 0 Å². The molecule has 0 radical (unpaired) electrons. The van der Waals surface area contributed by atoms with Gasteiger partial charge in [-0.05, 0) is 54.9 Å². The minimum Gasteiger partial charge on any atom is -0.352 e. The van der Waals surface area contributed by atoms with Crippen molar-refractivity contribution < 1.29 is 18.0 Å². The van der Waals surface area contributed by atoms with Gasteiger partial charge in [-0.25, -0.2) is 8.42 Å². The molecule has 39 heavy (non-hydrogen) atoms. The van der Waals surface area contributed by atoms with Gasteiger partial charge in [-0.15, -0.1) is 0 Å². The minimum absolute atomic E-state index is 0.0884. The molecule has 1 aliphatic rings. The molecule has 0 unspecified atom stereocenters. The number of nitrogens with zero attached hydrogens (tertiary/aromatic N) is 2. The smallest absolute Gasteiger partial charge is 0.244 e. The van der Waals surface area contributed by atoms with Crippen LogP contribution < -0.4 is 9.62 Å². The van der Waals surface area contributed by atoms with E-state index >= 15 is 0 Å². The molecule has 3 rings (SSSR count). The second kappa shape index (κ2) is 13.0. The fourth-order valence-corrected chi connectivity index (χ4v) is 6.06. The van der Waals surface area contributed by atoms with Crippen LogP contribution in [-0.2, 0) is 31.6 Å². The van der Waals surface area contributed by atoms with Crippen molar-refractivity contribution in [2.45, 2.75) is 97.2 Å². The Kier molecular flexibility index (Phi) is 10.2. The summed E-state index contributed by atoms with van der Waals surface area (Å²) in [6.07, 6.45) is 6.78. The van der Waals surface area contributed by atoms with Crippen molar-refractivity contribution in [2.24, 2.45) is 0 Å². The van der Waals surface area contributed by atoms with Crippen molar-refractivity contribution >= 4 is 27.5 Å². The normalized spacial score (nSPS) is 15.4. The summed E-state index contributed by atoms with van der Waals surface area (Å²) in [6, 6.07) is 14.5. The lowest BCUT2D eigenvalue weighted by atomic mass is 9.87. The molecule has 214 valence electrons. The van der Waals surface area contributed by atoms with Gasteiger partial charge >= 0.3 is 0 Å². The number of aryl methyl sites for hydroxylation is 1. The first kappa shape index (κ1) is 30.7. The van der Waals surface area contributed by atoms with Gasteiger partial charge < -0.3 is 10.2 Å². The molecular formula is C31H45N3O4S. The van der Waals surface area contributed by atoms with Crippen molar-refractivity contribution in [3.05, 3.63) is 65.2 Å². The zero-order valence-electron chi connectivity index (χ0n) is 24.4. The molecular weight excluding hydrogens is 510 g/mol. The number of hydrogen-bond donors (Lipinski definition) is 1. The highest BCUT2D eigenvalue weighted by Crippen LogP contribution is 2.26. The van der Waals surface area contributed by atoms with Crippen LogP contribution in [0.5, 0.6) is 0 Å². The Bertz CT molecular complexity index is 1230. The zero-order valence-corrected chi connectivity index (χ0v) is 25.2. The Morgan fingerprint density at radius 3 is 2.21 bits per heavy atom. The SMILES string of the molecule is CC[C@H](C(=O)NC1CCCCC1)N(Cc1cccc(C)c1)C(=O)CN(c1ccc(C(C)(C)C)cc1)S(C)(=O)=O. The summed E-state index contributed by atoms with van der Waals surface area (Å²) in [5.41, 5.74) is 3.35. The molecule has 1 aliphatic carbocycles. The lowest BCUT2D eigenvalue weighted by Gasteiger charge is -2.34. The maximum atomic E-state index is 13.9. The third-order valence-corrected chi connectivity index (χ3v) is 8.61. The van der Waals surface area contributed by atoms with E-state index in [1.807, 2.05) is 50.2 Å². The quantitative estimate of drug-likeness (QED) is 0.430. The molecule has 7 nitrogen and oxygen atoms in total. The third kappa shape index (κ3) is 8.56. The maximum absolute atomic E-state index is 13.9. The summed E-state index contributed by atoms with van der Waals surface area (Å²) < 4.78 is 26.9. The lowest BCUT2D eigenvalue weighted by Crippen LogP contribution is -2.53. The predicted octanol–water partition coefficient (Wildman–Crippen LogP) is 5.31. The van der Waals surface area contributed by atoms with Gasteiger partial charge in [0, 0.05) is 12.6 Å². The van der Waals surface area contributed by atoms with Gasteiger partial charge in [-0.2, -0.15) is 0 Å². The Balaban J connectivity index is 1.92. The number of carbonyl (C=O) groups is 2. The molecule has 0 saturated heterocycles. The number of sulfonamides is 1. The molecule has 0 spiro atoms. The molecule has 2 aromatic rings. The molecule has 0 aromatic heterocycles. The highest BCUT2D eigenvalue weighted by atomic mass is 32.2. The van der Waals surface area contributed by atoms with E-state index in [0.29, 0.717) is 12.1 Å². The van der Waals surface area contributed by atoms with Crippen LogP contribution in [0.15, 0.2) is 48.5 Å². The van der Waals surface area contributed by atoms with Gasteiger partial charge in [0.05, 0.1) is 11.9 Å². The van der Waals surface area contributed by atoms with Crippen LogP contribution in [0.4, 0.5) is 5.69 Å². The molecule has 0 heterocycles. The standard InChI is InChI=1S/C31H45N3O4S/c1-7-28(30(36)32-26-14-9-8-10-15-26)33(21-24-13-11-12-23(2)20-24)29(35)22-34(39(6,37)38)27-18-16-25(17-19-27)31(3,4)5/h11-13,16-20,26,28H,7-10,14-15,21-22H2,1-6H3,(H,32,36)/t28-/m1/s1. The molecule has 1 atom stereocenters. The topological polar surface area (TPSA) is 86.8 Å². The van der Waals surface area contributed by atoms with E-state index in [1.54, 1.807) is 17.0 Å². The van der Waals surface area contributed by atoms with Crippen LogP contribution in [0, 0.1) is 6.92 Å². The molecule has 0 bridgehead atoms. The van der Waals surface area contributed by atoms with E-state index in [2.05, 4.69) is 26.1 Å².